The molecule has 3 nitrogen and oxygen atoms in total. The topological polar surface area (TPSA) is 23.6 Å². The molecule has 2 aliphatic rings. The maximum atomic E-state index is 11.2. The number of rotatable bonds is 2. The maximum Gasteiger partial charge on any atom is 0.133 e. The van der Waals surface area contributed by atoms with Gasteiger partial charge in [0.2, 0.25) is 0 Å². The van der Waals surface area contributed by atoms with Gasteiger partial charge in [-0.1, -0.05) is 6.92 Å². The number of ketones is 1. The van der Waals surface area contributed by atoms with Gasteiger partial charge < -0.3 is 4.90 Å². The molecule has 3 heteroatoms. The summed E-state index contributed by atoms with van der Waals surface area (Å²) in [4.78, 5) is 16.3. The zero-order valence-electron chi connectivity index (χ0n) is 9.74. The summed E-state index contributed by atoms with van der Waals surface area (Å²) in [5, 5.41) is 0. The molecule has 0 unspecified atom stereocenters. The Morgan fingerprint density at radius 2 is 1.73 bits per heavy atom. The SMILES string of the molecule is CCN1CCN(C2CCC(=O)CC2)CC1. The minimum Gasteiger partial charge on any atom is -0.301 e. The van der Waals surface area contributed by atoms with Crippen LogP contribution in [0.15, 0.2) is 0 Å². The zero-order valence-corrected chi connectivity index (χ0v) is 9.74. The second kappa shape index (κ2) is 5.08. The molecular formula is C12H22N2O. The van der Waals surface area contributed by atoms with E-state index in [0.29, 0.717) is 11.8 Å². The molecule has 15 heavy (non-hydrogen) atoms. The molecule has 0 radical (unpaired) electrons. The molecule has 1 aliphatic heterocycles. The van der Waals surface area contributed by atoms with Crippen LogP contribution >= 0.6 is 0 Å². The van der Waals surface area contributed by atoms with Crippen molar-refractivity contribution in [3.63, 3.8) is 0 Å². The van der Waals surface area contributed by atoms with Gasteiger partial charge in [0, 0.05) is 45.1 Å². The van der Waals surface area contributed by atoms with Gasteiger partial charge in [-0.05, 0) is 19.4 Å². The molecule has 0 amide bonds. The van der Waals surface area contributed by atoms with Crippen molar-refractivity contribution in [2.75, 3.05) is 32.7 Å². The van der Waals surface area contributed by atoms with Gasteiger partial charge in [-0.2, -0.15) is 0 Å². The molecular weight excluding hydrogens is 188 g/mol. The van der Waals surface area contributed by atoms with Crippen LogP contribution in [0.25, 0.3) is 0 Å². The highest BCUT2D eigenvalue weighted by molar-refractivity contribution is 5.79. The van der Waals surface area contributed by atoms with Crippen molar-refractivity contribution in [2.24, 2.45) is 0 Å². The van der Waals surface area contributed by atoms with E-state index in [1.165, 1.54) is 32.7 Å². The van der Waals surface area contributed by atoms with Crippen LogP contribution in [0.2, 0.25) is 0 Å². The zero-order chi connectivity index (χ0) is 10.7. The number of carbonyl (C=O) groups is 1. The normalized spacial score (nSPS) is 27.1. The number of hydrogen-bond acceptors (Lipinski definition) is 3. The quantitative estimate of drug-likeness (QED) is 0.683. The standard InChI is InChI=1S/C12H22N2O/c1-2-13-7-9-14(10-8-13)11-3-5-12(15)6-4-11/h11H,2-10H2,1H3. The van der Waals surface area contributed by atoms with Crippen LogP contribution in [0.1, 0.15) is 32.6 Å². The Morgan fingerprint density at radius 1 is 1.13 bits per heavy atom. The minimum atomic E-state index is 0.471. The van der Waals surface area contributed by atoms with Gasteiger partial charge in [-0.3, -0.25) is 9.69 Å². The lowest BCUT2D eigenvalue weighted by Crippen LogP contribution is -2.50. The molecule has 0 atom stereocenters. The molecule has 0 aromatic rings. The summed E-state index contributed by atoms with van der Waals surface area (Å²) < 4.78 is 0. The van der Waals surface area contributed by atoms with E-state index in [1.807, 2.05) is 0 Å². The first-order chi connectivity index (χ1) is 7.29. The van der Waals surface area contributed by atoms with Crippen molar-refractivity contribution in [1.82, 2.24) is 9.80 Å². The van der Waals surface area contributed by atoms with Crippen molar-refractivity contribution < 1.29 is 4.79 Å². The Bertz CT molecular complexity index is 212. The van der Waals surface area contributed by atoms with Gasteiger partial charge in [0.05, 0.1) is 0 Å². The molecule has 0 aromatic heterocycles. The van der Waals surface area contributed by atoms with E-state index in [9.17, 15) is 4.79 Å². The van der Waals surface area contributed by atoms with Crippen LogP contribution in [-0.4, -0.2) is 54.3 Å². The average molecular weight is 210 g/mol. The lowest BCUT2D eigenvalue weighted by molar-refractivity contribution is -0.121. The Kier molecular flexibility index (Phi) is 3.76. The van der Waals surface area contributed by atoms with Gasteiger partial charge >= 0.3 is 0 Å². The first-order valence-electron chi connectivity index (χ1n) is 6.27. The van der Waals surface area contributed by atoms with Gasteiger partial charge in [0.1, 0.15) is 5.78 Å². The summed E-state index contributed by atoms with van der Waals surface area (Å²) in [6.45, 7) is 8.23. The Morgan fingerprint density at radius 3 is 2.27 bits per heavy atom. The number of likely N-dealkylation sites (N-methyl/N-ethyl adjacent to an activating group) is 1. The van der Waals surface area contributed by atoms with Gasteiger partial charge in [-0.15, -0.1) is 0 Å². The van der Waals surface area contributed by atoms with E-state index < -0.39 is 0 Å². The Labute approximate surface area is 92.4 Å². The first-order valence-corrected chi connectivity index (χ1v) is 6.27. The third-order valence-corrected chi connectivity index (χ3v) is 3.88. The first kappa shape index (κ1) is 11.1. The van der Waals surface area contributed by atoms with E-state index in [2.05, 4.69) is 16.7 Å². The summed E-state index contributed by atoms with van der Waals surface area (Å²) in [5.74, 6) is 0.471. The van der Waals surface area contributed by atoms with Crippen molar-refractivity contribution in [1.29, 1.82) is 0 Å². The predicted molar refractivity (Wildman–Crippen MR) is 61.0 cm³/mol. The second-order valence-electron chi connectivity index (χ2n) is 4.74. The average Bonchev–Trinajstić information content (AvgIpc) is 2.30. The molecule has 0 spiro atoms. The largest absolute Gasteiger partial charge is 0.301 e. The molecule has 1 aliphatic carbocycles. The minimum absolute atomic E-state index is 0.471. The van der Waals surface area contributed by atoms with Crippen molar-refractivity contribution in [3.8, 4) is 0 Å². The highest BCUT2D eigenvalue weighted by atomic mass is 16.1. The van der Waals surface area contributed by atoms with Crippen molar-refractivity contribution >= 4 is 5.78 Å². The van der Waals surface area contributed by atoms with E-state index in [4.69, 9.17) is 0 Å². The van der Waals surface area contributed by atoms with Gasteiger partial charge in [0.25, 0.3) is 0 Å². The maximum absolute atomic E-state index is 11.2. The summed E-state index contributed by atoms with van der Waals surface area (Å²) in [7, 11) is 0. The van der Waals surface area contributed by atoms with Crippen LogP contribution < -0.4 is 0 Å². The summed E-state index contributed by atoms with van der Waals surface area (Å²) in [6.07, 6.45) is 3.84. The monoisotopic (exact) mass is 210 g/mol. The van der Waals surface area contributed by atoms with E-state index in [-0.39, 0.29) is 0 Å². The fraction of sp³-hybridized carbons (Fsp3) is 0.917. The number of hydrogen-bond donors (Lipinski definition) is 0. The van der Waals surface area contributed by atoms with E-state index in [0.717, 1.165) is 25.7 Å². The molecule has 0 N–H and O–H groups in total. The third kappa shape index (κ3) is 2.79. The van der Waals surface area contributed by atoms with Crippen LogP contribution in [0.4, 0.5) is 0 Å². The fourth-order valence-corrected chi connectivity index (χ4v) is 2.73. The Hall–Kier alpha value is -0.410. The summed E-state index contributed by atoms with van der Waals surface area (Å²) in [5.41, 5.74) is 0. The molecule has 1 heterocycles. The molecule has 86 valence electrons. The van der Waals surface area contributed by atoms with Crippen LogP contribution in [-0.2, 0) is 4.79 Å². The van der Waals surface area contributed by atoms with Crippen molar-refractivity contribution in [2.45, 2.75) is 38.6 Å². The molecule has 2 fully saturated rings. The number of piperazine rings is 1. The Balaban J connectivity index is 1.78. The summed E-state index contributed by atoms with van der Waals surface area (Å²) >= 11 is 0. The van der Waals surface area contributed by atoms with Gasteiger partial charge in [0.15, 0.2) is 0 Å². The van der Waals surface area contributed by atoms with Crippen LogP contribution in [0, 0.1) is 0 Å². The molecule has 1 saturated heterocycles. The van der Waals surface area contributed by atoms with Crippen LogP contribution in [0.3, 0.4) is 0 Å². The number of carbonyl (C=O) groups excluding carboxylic acids is 1. The smallest absolute Gasteiger partial charge is 0.133 e. The summed E-state index contributed by atoms with van der Waals surface area (Å²) in [6, 6.07) is 0.696. The lowest BCUT2D eigenvalue weighted by atomic mass is 9.93. The third-order valence-electron chi connectivity index (χ3n) is 3.88. The number of nitrogens with zero attached hydrogens (tertiary/aromatic N) is 2. The molecule has 2 rings (SSSR count). The number of Topliss-reactive ketones (excluding diaryl/α,β-unsaturated/α-hetero) is 1. The van der Waals surface area contributed by atoms with Crippen LogP contribution in [0.5, 0.6) is 0 Å². The molecule has 0 bridgehead atoms. The highest BCUT2D eigenvalue weighted by Crippen LogP contribution is 2.21. The van der Waals surface area contributed by atoms with E-state index in [1.54, 1.807) is 0 Å². The van der Waals surface area contributed by atoms with Crippen molar-refractivity contribution in [3.05, 3.63) is 0 Å². The fourth-order valence-electron chi connectivity index (χ4n) is 2.73. The predicted octanol–water partition coefficient (Wildman–Crippen LogP) is 1.14. The van der Waals surface area contributed by atoms with Gasteiger partial charge in [-0.25, -0.2) is 0 Å². The molecule has 1 saturated carbocycles. The molecule has 0 aromatic carbocycles. The highest BCUT2D eigenvalue weighted by Gasteiger charge is 2.26. The second-order valence-corrected chi connectivity index (χ2v) is 4.74. The lowest BCUT2D eigenvalue weighted by Gasteiger charge is -2.40. The van der Waals surface area contributed by atoms with E-state index >= 15 is 0 Å².